The molecule has 202 valence electrons. The molecule has 2 aromatic carbocycles. The number of aryl methyl sites for hydroxylation is 1. The lowest BCUT2D eigenvalue weighted by molar-refractivity contribution is -0.118. The molecule has 11 nitrogen and oxygen atoms in total. The van der Waals surface area contributed by atoms with Crippen LogP contribution in [0.15, 0.2) is 47.7 Å². The van der Waals surface area contributed by atoms with Crippen LogP contribution in [0.5, 0.6) is 5.75 Å². The Labute approximate surface area is 225 Å². The largest absolute Gasteiger partial charge is 0.490 e. The zero-order valence-electron chi connectivity index (χ0n) is 21.3. The van der Waals surface area contributed by atoms with Crippen molar-refractivity contribution in [1.82, 2.24) is 34.0 Å². The van der Waals surface area contributed by atoms with Crippen LogP contribution < -0.4 is 15.7 Å². The van der Waals surface area contributed by atoms with E-state index in [0.717, 1.165) is 12.1 Å². The Morgan fingerprint density at radius 2 is 2.02 bits per heavy atom. The predicted octanol–water partition coefficient (Wildman–Crippen LogP) is 2.98. The van der Waals surface area contributed by atoms with E-state index < -0.39 is 23.4 Å². The molecule has 13 heteroatoms. The van der Waals surface area contributed by atoms with Gasteiger partial charge in [0.2, 0.25) is 11.9 Å². The van der Waals surface area contributed by atoms with Gasteiger partial charge >= 0.3 is 5.69 Å². The molecular formula is C27H22F2N8O3. The van der Waals surface area contributed by atoms with Crippen molar-refractivity contribution in [3.63, 3.8) is 0 Å². The third-order valence-corrected chi connectivity index (χ3v) is 6.89. The number of nitriles is 1. The fraction of sp³-hybridized carbons (Fsp3) is 0.259. The third-order valence-electron chi connectivity index (χ3n) is 6.89. The highest BCUT2D eigenvalue weighted by Gasteiger charge is 2.33. The highest BCUT2D eigenvalue weighted by atomic mass is 19.1. The summed E-state index contributed by atoms with van der Waals surface area (Å²) in [4.78, 5) is 38.7. The summed E-state index contributed by atoms with van der Waals surface area (Å²) in [6, 6.07) is 8.22. The molecule has 4 heterocycles. The van der Waals surface area contributed by atoms with Crippen molar-refractivity contribution in [2.24, 2.45) is 0 Å². The first-order valence-electron chi connectivity index (χ1n) is 12.6. The van der Waals surface area contributed by atoms with Crippen LogP contribution in [0, 0.1) is 23.0 Å². The van der Waals surface area contributed by atoms with E-state index in [1.165, 1.54) is 28.6 Å². The summed E-state index contributed by atoms with van der Waals surface area (Å²) in [5.41, 5.74) is 1.70. The summed E-state index contributed by atoms with van der Waals surface area (Å²) in [5, 5.41) is 12.1. The van der Waals surface area contributed by atoms with E-state index >= 15 is 4.39 Å². The van der Waals surface area contributed by atoms with Crippen molar-refractivity contribution < 1.29 is 18.3 Å². The molecule has 1 N–H and O–H groups in total. The second-order valence-electron chi connectivity index (χ2n) is 9.37. The Bertz CT molecular complexity index is 1900. The fourth-order valence-electron chi connectivity index (χ4n) is 5.08. The normalized spacial score (nSPS) is 14.6. The highest BCUT2D eigenvalue weighted by molar-refractivity contribution is 5.79. The summed E-state index contributed by atoms with van der Waals surface area (Å²) in [5.74, 6) is -1.65. The van der Waals surface area contributed by atoms with Crippen LogP contribution in [0.2, 0.25) is 0 Å². The van der Waals surface area contributed by atoms with Gasteiger partial charge in [-0.25, -0.2) is 23.5 Å². The first kappa shape index (κ1) is 25.2. The van der Waals surface area contributed by atoms with Crippen LogP contribution in [-0.4, -0.2) is 47.7 Å². The molecule has 5 aromatic rings. The molecule has 0 saturated heterocycles. The van der Waals surface area contributed by atoms with Crippen LogP contribution in [0.25, 0.3) is 28.1 Å². The van der Waals surface area contributed by atoms with Crippen molar-refractivity contribution in [3.8, 4) is 17.8 Å². The lowest BCUT2D eigenvalue weighted by Crippen LogP contribution is -2.32. The van der Waals surface area contributed by atoms with Crippen LogP contribution >= 0.6 is 0 Å². The van der Waals surface area contributed by atoms with Gasteiger partial charge in [0.05, 0.1) is 47.1 Å². The number of nitrogens with zero attached hydrogens (tertiary/aromatic N) is 7. The molecule has 0 saturated carbocycles. The third kappa shape index (κ3) is 4.14. The van der Waals surface area contributed by atoms with Crippen LogP contribution in [0.1, 0.15) is 36.9 Å². The zero-order valence-corrected chi connectivity index (χ0v) is 21.3. The number of hydrogen-bond acceptors (Lipinski definition) is 7. The molecule has 3 aromatic heterocycles. The van der Waals surface area contributed by atoms with Gasteiger partial charge in [-0.2, -0.15) is 10.2 Å². The Balaban J connectivity index is 1.55. The van der Waals surface area contributed by atoms with Gasteiger partial charge < -0.3 is 10.1 Å². The quantitative estimate of drug-likeness (QED) is 0.325. The summed E-state index contributed by atoms with van der Waals surface area (Å²) in [6.45, 7) is 2.05. The topological polar surface area (TPSA) is 133 Å². The van der Waals surface area contributed by atoms with Gasteiger partial charge in [-0.3, -0.25) is 18.5 Å². The molecule has 1 amide bonds. The molecule has 1 aliphatic heterocycles. The minimum Gasteiger partial charge on any atom is -0.490 e. The molecule has 0 radical (unpaired) electrons. The minimum atomic E-state index is -0.890. The Kier molecular flexibility index (Phi) is 6.22. The number of nitrogens with one attached hydrogen (secondary N) is 1. The lowest BCUT2D eigenvalue weighted by atomic mass is 9.99. The smallest absolute Gasteiger partial charge is 0.330 e. The fourth-order valence-corrected chi connectivity index (χ4v) is 5.08. The number of carbonyl (C=O) groups is 1. The van der Waals surface area contributed by atoms with E-state index in [1.54, 1.807) is 22.8 Å². The summed E-state index contributed by atoms with van der Waals surface area (Å²) < 4.78 is 39.6. The van der Waals surface area contributed by atoms with Gasteiger partial charge in [0, 0.05) is 26.4 Å². The first-order valence-corrected chi connectivity index (χ1v) is 12.6. The number of benzene rings is 2. The van der Waals surface area contributed by atoms with Crippen LogP contribution in [-0.2, 0) is 11.3 Å². The van der Waals surface area contributed by atoms with Gasteiger partial charge in [-0.05, 0) is 36.8 Å². The number of halogens is 2. The van der Waals surface area contributed by atoms with Gasteiger partial charge in [0.1, 0.15) is 17.7 Å². The second kappa shape index (κ2) is 9.88. The average molecular weight is 545 g/mol. The molecule has 0 bridgehead atoms. The van der Waals surface area contributed by atoms with Crippen LogP contribution in [0.4, 0.5) is 8.78 Å². The SMILES string of the molecule is CC(=O)NCCCn1c(=O)n(C2CCOc3c(F)ccc(F)c32)c2nc(-n3cnc4ccc(C#N)cc43)ncc21. The van der Waals surface area contributed by atoms with Crippen molar-refractivity contribution in [2.75, 3.05) is 13.2 Å². The Morgan fingerprint density at radius 1 is 1.20 bits per heavy atom. The van der Waals surface area contributed by atoms with E-state index in [2.05, 4.69) is 21.4 Å². The molecule has 0 fully saturated rings. The van der Waals surface area contributed by atoms with Gasteiger partial charge in [-0.1, -0.05) is 0 Å². The van der Waals surface area contributed by atoms with Crippen molar-refractivity contribution in [3.05, 3.63) is 76.1 Å². The van der Waals surface area contributed by atoms with Crippen molar-refractivity contribution in [1.29, 1.82) is 5.26 Å². The molecule has 1 aliphatic rings. The number of carbonyl (C=O) groups excluding carboxylic acids is 1. The number of ether oxygens (including phenoxy) is 1. The van der Waals surface area contributed by atoms with Crippen molar-refractivity contribution in [2.45, 2.75) is 32.4 Å². The molecule has 0 spiro atoms. The van der Waals surface area contributed by atoms with Gasteiger partial charge in [0.15, 0.2) is 17.2 Å². The second-order valence-corrected chi connectivity index (χ2v) is 9.37. The Hall–Kier alpha value is -5.12. The van der Waals surface area contributed by atoms with Crippen LogP contribution in [0.3, 0.4) is 0 Å². The average Bonchev–Trinajstić information content (AvgIpc) is 3.50. The van der Waals surface area contributed by atoms with E-state index in [1.807, 2.05) is 0 Å². The molecule has 1 unspecified atom stereocenters. The zero-order chi connectivity index (χ0) is 28.0. The molecular weight excluding hydrogens is 522 g/mol. The number of hydrogen-bond donors (Lipinski definition) is 1. The number of imidazole rings is 2. The maximum Gasteiger partial charge on any atom is 0.330 e. The van der Waals surface area contributed by atoms with Crippen molar-refractivity contribution >= 4 is 28.1 Å². The number of amides is 1. The van der Waals surface area contributed by atoms with Gasteiger partial charge in [-0.15, -0.1) is 0 Å². The molecule has 6 rings (SSSR count). The lowest BCUT2D eigenvalue weighted by Gasteiger charge is -2.27. The van der Waals surface area contributed by atoms with E-state index in [9.17, 15) is 19.2 Å². The highest BCUT2D eigenvalue weighted by Crippen LogP contribution is 2.39. The molecule has 40 heavy (non-hydrogen) atoms. The monoisotopic (exact) mass is 544 g/mol. The van der Waals surface area contributed by atoms with Gasteiger partial charge in [0.25, 0.3) is 0 Å². The number of rotatable bonds is 6. The molecule has 1 atom stereocenters. The van der Waals surface area contributed by atoms with E-state index in [0.29, 0.717) is 35.1 Å². The number of fused-ring (bicyclic) bond motifs is 3. The van der Waals surface area contributed by atoms with E-state index in [4.69, 9.17) is 9.72 Å². The summed E-state index contributed by atoms with van der Waals surface area (Å²) >= 11 is 0. The summed E-state index contributed by atoms with van der Waals surface area (Å²) in [6.07, 6.45) is 3.66. The maximum absolute atomic E-state index is 15.1. The van der Waals surface area contributed by atoms with E-state index in [-0.39, 0.29) is 48.4 Å². The maximum atomic E-state index is 15.1. The Morgan fingerprint density at radius 3 is 2.83 bits per heavy atom. The minimum absolute atomic E-state index is 0.0578. The molecule has 0 aliphatic carbocycles. The predicted molar refractivity (Wildman–Crippen MR) is 139 cm³/mol. The number of aromatic nitrogens is 6. The standard InChI is InChI=1S/C27H22F2N8O3/c1-15(38)31-8-2-9-35-22-13-32-26(36-14-33-19-6-3-16(12-30)11-21(19)36)34-25(22)37(27(35)39)20-7-10-40-24-18(29)5-4-17(28)23(20)24/h3-6,11,13-14,20H,2,7-10H2,1H3,(H,31,38). The summed E-state index contributed by atoms with van der Waals surface area (Å²) in [7, 11) is 0. The first-order chi connectivity index (χ1) is 19.4.